The molecule has 2 unspecified atom stereocenters. The van der Waals surface area contributed by atoms with Crippen LogP contribution in [0.3, 0.4) is 0 Å². The predicted octanol–water partition coefficient (Wildman–Crippen LogP) is 6.63. The van der Waals surface area contributed by atoms with Crippen LogP contribution in [-0.2, 0) is 22.7 Å². The van der Waals surface area contributed by atoms with Crippen LogP contribution in [0.4, 0.5) is 4.39 Å². The lowest BCUT2D eigenvalue weighted by Gasteiger charge is -2.32. The fraction of sp³-hybridized carbons (Fsp3) is 0.312. The average molecular weight is 500 g/mol. The standard InChI is InChI=1S/C32H34FNO3/c33-29-8-3-5-24(20-29)22-35-17-4-18-36-30-13-11-27(12-14-30)31-15-16-34-21-32(31)37-23-25-9-10-26-6-1-2-7-28(26)19-25/h1-3,5-14,19-20,31-32,34H,4,15-18,21-23H2. The van der Waals surface area contributed by atoms with Crippen molar-refractivity contribution in [2.24, 2.45) is 0 Å². The van der Waals surface area contributed by atoms with Gasteiger partial charge in [0.2, 0.25) is 0 Å². The van der Waals surface area contributed by atoms with Crippen LogP contribution >= 0.6 is 0 Å². The molecule has 0 aliphatic carbocycles. The summed E-state index contributed by atoms with van der Waals surface area (Å²) in [6, 6.07) is 29.9. The molecule has 0 amide bonds. The van der Waals surface area contributed by atoms with E-state index in [9.17, 15) is 4.39 Å². The Kier molecular flexibility index (Phi) is 8.80. The molecule has 37 heavy (non-hydrogen) atoms. The van der Waals surface area contributed by atoms with Gasteiger partial charge in [-0.15, -0.1) is 0 Å². The van der Waals surface area contributed by atoms with E-state index in [1.807, 2.05) is 18.2 Å². The van der Waals surface area contributed by atoms with Gasteiger partial charge in [0.15, 0.2) is 0 Å². The Morgan fingerprint density at radius 1 is 0.784 bits per heavy atom. The lowest BCUT2D eigenvalue weighted by atomic mass is 9.87. The monoisotopic (exact) mass is 499 g/mol. The molecule has 5 rings (SSSR count). The smallest absolute Gasteiger partial charge is 0.123 e. The molecule has 4 aromatic carbocycles. The van der Waals surface area contributed by atoms with Gasteiger partial charge in [0, 0.05) is 18.9 Å². The molecular formula is C32H34FNO3. The second-order valence-corrected chi connectivity index (χ2v) is 9.58. The normalized spacial score (nSPS) is 17.6. The van der Waals surface area contributed by atoms with Crippen molar-refractivity contribution in [1.29, 1.82) is 0 Å². The van der Waals surface area contributed by atoms with E-state index in [0.29, 0.717) is 32.3 Å². The molecule has 4 aromatic rings. The average Bonchev–Trinajstić information content (AvgIpc) is 2.94. The lowest BCUT2D eigenvalue weighted by molar-refractivity contribution is 0.0106. The maximum absolute atomic E-state index is 13.2. The lowest BCUT2D eigenvalue weighted by Crippen LogP contribution is -2.40. The summed E-state index contributed by atoms with van der Waals surface area (Å²) in [7, 11) is 0. The van der Waals surface area contributed by atoms with E-state index in [1.165, 1.54) is 34.0 Å². The molecular weight excluding hydrogens is 465 g/mol. The van der Waals surface area contributed by atoms with Crippen LogP contribution in [-0.4, -0.2) is 32.4 Å². The zero-order chi connectivity index (χ0) is 25.3. The number of ether oxygens (including phenoxy) is 3. The topological polar surface area (TPSA) is 39.7 Å². The Balaban J connectivity index is 1.08. The highest BCUT2D eigenvalue weighted by molar-refractivity contribution is 5.82. The van der Waals surface area contributed by atoms with Crippen LogP contribution in [0.2, 0.25) is 0 Å². The fourth-order valence-electron chi connectivity index (χ4n) is 4.90. The van der Waals surface area contributed by atoms with Gasteiger partial charge in [-0.3, -0.25) is 0 Å². The second kappa shape index (κ2) is 12.8. The molecule has 1 saturated heterocycles. The first-order valence-corrected chi connectivity index (χ1v) is 13.1. The van der Waals surface area contributed by atoms with E-state index < -0.39 is 0 Å². The largest absolute Gasteiger partial charge is 0.494 e. The van der Waals surface area contributed by atoms with Crippen molar-refractivity contribution >= 4 is 10.8 Å². The van der Waals surface area contributed by atoms with Crippen LogP contribution < -0.4 is 10.1 Å². The summed E-state index contributed by atoms with van der Waals surface area (Å²) in [6.45, 7) is 4.01. The van der Waals surface area contributed by atoms with Gasteiger partial charge in [-0.05, 0) is 70.8 Å². The number of hydrogen-bond acceptors (Lipinski definition) is 4. The minimum Gasteiger partial charge on any atom is -0.494 e. The molecule has 1 N–H and O–H groups in total. The summed E-state index contributed by atoms with van der Waals surface area (Å²) in [5.41, 5.74) is 3.33. The molecule has 4 nitrogen and oxygen atoms in total. The highest BCUT2D eigenvalue weighted by Gasteiger charge is 2.27. The molecule has 5 heteroatoms. The summed E-state index contributed by atoms with van der Waals surface area (Å²) in [4.78, 5) is 0. The Bertz CT molecular complexity index is 1280. The van der Waals surface area contributed by atoms with Crippen molar-refractivity contribution in [3.05, 3.63) is 114 Å². The summed E-state index contributed by atoms with van der Waals surface area (Å²) < 4.78 is 31.2. The Morgan fingerprint density at radius 2 is 1.62 bits per heavy atom. The van der Waals surface area contributed by atoms with Crippen LogP contribution in [0.5, 0.6) is 5.75 Å². The van der Waals surface area contributed by atoms with Gasteiger partial charge < -0.3 is 19.5 Å². The SMILES string of the molecule is Fc1cccc(COCCCOc2ccc(C3CCNCC3OCc3ccc4ccccc4c3)cc2)c1. The van der Waals surface area contributed by atoms with E-state index in [0.717, 1.165) is 37.2 Å². The molecule has 1 aliphatic rings. The summed E-state index contributed by atoms with van der Waals surface area (Å²) in [6.07, 6.45) is 1.95. The van der Waals surface area contributed by atoms with Gasteiger partial charge in [-0.25, -0.2) is 4.39 Å². The molecule has 192 valence electrons. The quantitative estimate of drug-likeness (QED) is 0.235. The molecule has 2 atom stereocenters. The van der Waals surface area contributed by atoms with Gasteiger partial charge in [-0.1, -0.05) is 60.7 Å². The number of rotatable bonds is 11. The van der Waals surface area contributed by atoms with Gasteiger partial charge in [0.1, 0.15) is 11.6 Å². The second-order valence-electron chi connectivity index (χ2n) is 9.58. The van der Waals surface area contributed by atoms with E-state index >= 15 is 0 Å². The molecule has 0 radical (unpaired) electrons. The summed E-state index contributed by atoms with van der Waals surface area (Å²) in [5, 5.41) is 5.99. The van der Waals surface area contributed by atoms with Crippen molar-refractivity contribution in [2.45, 2.75) is 38.1 Å². The van der Waals surface area contributed by atoms with E-state index in [2.05, 4.69) is 59.9 Å². The minimum absolute atomic E-state index is 0.127. The van der Waals surface area contributed by atoms with Crippen molar-refractivity contribution in [1.82, 2.24) is 5.32 Å². The van der Waals surface area contributed by atoms with Gasteiger partial charge in [-0.2, -0.15) is 0 Å². The number of fused-ring (bicyclic) bond motifs is 1. The first kappa shape index (κ1) is 25.4. The fourth-order valence-corrected chi connectivity index (χ4v) is 4.90. The zero-order valence-electron chi connectivity index (χ0n) is 21.1. The van der Waals surface area contributed by atoms with Crippen molar-refractivity contribution in [3.63, 3.8) is 0 Å². The van der Waals surface area contributed by atoms with Crippen LogP contribution in [0.1, 0.15) is 35.4 Å². The highest BCUT2D eigenvalue weighted by atomic mass is 19.1. The van der Waals surface area contributed by atoms with Crippen LogP contribution in [0.15, 0.2) is 91.0 Å². The Hall–Kier alpha value is -3.25. The van der Waals surface area contributed by atoms with Gasteiger partial charge in [0.25, 0.3) is 0 Å². The number of hydrogen-bond donors (Lipinski definition) is 1. The Morgan fingerprint density at radius 3 is 2.49 bits per heavy atom. The van der Waals surface area contributed by atoms with Crippen molar-refractivity contribution in [3.8, 4) is 5.75 Å². The van der Waals surface area contributed by atoms with E-state index in [4.69, 9.17) is 14.2 Å². The molecule has 1 heterocycles. The number of benzene rings is 4. The molecule has 0 aromatic heterocycles. The third-order valence-corrected chi connectivity index (χ3v) is 6.87. The maximum atomic E-state index is 13.2. The molecule has 1 aliphatic heterocycles. The molecule has 1 fully saturated rings. The third kappa shape index (κ3) is 7.16. The first-order valence-electron chi connectivity index (χ1n) is 13.1. The molecule has 0 saturated carbocycles. The van der Waals surface area contributed by atoms with Gasteiger partial charge in [0.05, 0.1) is 32.5 Å². The van der Waals surface area contributed by atoms with Crippen LogP contribution in [0.25, 0.3) is 10.8 Å². The van der Waals surface area contributed by atoms with Crippen molar-refractivity contribution in [2.75, 3.05) is 26.3 Å². The highest BCUT2D eigenvalue weighted by Crippen LogP contribution is 2.30. The summed E-state index contributed by atoms with van der Waals surface area (Å²) >= 11 is 0. The van der Waals surface area contributed by atoms with E-state index in [-0.39, 0.29) is 11.9 Å². The first-order chi connectivity index (χ1) is 18.2. The van der Waals surface area contributed by atoms with E-state index in [1.54, 1.807) is 6.07 Å². The Labute approximate surface area is 218 Å². The zero-order valence-corrected chi connectivity index (χ0v) is 21.1. The number of halogens is 1. The number of piperidine rings is 1. The third-order valence-electron chi connectivity index (χ3n) is 6.87. The number of nitrogens with one attached hydrogen (secondary N) is 1. The molecule has 0 spiro atoms. The summed E-state index contributed by atoms with van der Waals surface area (Å²) in [5.74, 6) is 0.976. The van der Waals surface area contributed by atoms with Crippen LogP contribution in [0, 0.1) is 5.82 Å². The maximum Gasteiger partial charge on any atom is 0.123 e. The van der Waals surface area contributed by atoms with Gasteiger partial charge >= 0.3 is 0 Å². The predicted molar refractivity (Wildman–Crippen MR) is 145 cm³/mol. The minimum atomic E-state index is -0.236. The molecule has 0 bridgehead atoms. The van der Waals surface area contributed by atoms with Crippen molar-refractivity contribution < 1.29 is 18.6 Å².